The van der Waals surface area contributed by atoms with Crippen LogP contribution in [0.25, 0.3) is 21.5 Å². The van der Waals surface area contributed by atoms with Crippen molar-refractivity contribution in [3.8, 4) is 23.0 Å². The van der Waals surface area contributed by atoms with Crippen LogP contribution in [-0.2, 0) is 10.1 Å². The summed E-state index contributed by atoms with van der Waals surface area (Å²) in [7, 11) is -4.53. The zero-order valence-corrected chi connectivity index (χ0v) is 23.3. The van der Waals surface area contributed by atoms with Crippen molar-refractivity contribution >= 4 is 31.7 Å². The first-order valence-corrected chi connectivity index (χ1v) is 14.7. The minimum Gasteiger partial charge on any atom is -0.491 e. The summed E-state index contributed by atoms with van der Waals surface area (Å²) < 4.78 is 57.2. The van der Waals surface area contributed by atoms with Crippen LogP contribution >= 0.6 is 0 Å². The van der Waals surface area contributed by atoms with Crippen LogP contribution < -0.4 is 18.9 Å². The van der Waals surface area contributed by atoms with Crippen molar-refractivity contribution in [1.29, 1.82) is 0 Å². The van der Waals surface area contributed by atoms with Gasteiger partial charge < -0.3 is 29.2 Å². The van der Waals surface area contributed by atoms with E-state index in [1.54, 1.807) is 36.4 Å². The quantitative estimate of drug-likeness (QED) is 0.130. The second kappa shape index (κ2) is 13.1. The molecular weight excluding hydrogens is 560 g/mol. The molecule has 0 aliphatic heterocycles. The summed E-state index contributed by atoms with van der Waals surface area (Å²) in [5.74, 6) is 1.90. The summed E-state index contributed by atoms with van der Waals surface area (Å²) in [6, 6.07) is 29.4. The lowest BCUT2D eigenvalue weighted by molar-refractivity contribution is 0.0629. The molecule has 0 saturated heterocycles. The van der Waals surface area contributed by atoms with Crippen LogP contribution in [0, 0.1) is 0 Å². The number of hydrogen-bond donors (Lipinski definition) is 3. The van der Waals surface area contributed by atoms with Gasteiger partial charge in [-0.15, -0.1) is 0 Å². The maximum absolute atomic E-state index is 12.0. The molecule has 218 valence electrons. The van der Waals surface area contributed by atoms with Crippen molar-refractivity contribution in [1.82, 2.24) is 0 Å². The number of benzene rings is 5. The number of rotatable bonds is 13. The van der Waals surface area contributed by atoms with Gasteiger partial charge in [-0.1, -0.05) is 60.7 Å². The average molecular weight is 591 g/mol. The van der Waals surface area contributed by atoms with E-state index in [-0.39, 0.29) is 31.3 Å². The Morgan fingerprint density at radius 1 is 0.524 bits per heavy atom. The van der Waals surface area contributed by atoms with Crippen LogP contribution in [0.15, 0.2) is 108 Å². The maximum Gasteiger partial charge on any atom is 0.294 e. The third kappa shape index (κ3) is 7.10. The molecule has 0 aliphatic carbocycles. The first-order chi connectivity index (χ1) is 20.3. The van der Waals surface area contributed by atoms with Crippen LogP contribution in [0.4, 0.5) is 0 Å². The van der Waals surface area contributed by atoms with Gasteiger partial charge >= 0.3 is 0 Å². The van der Waals surface area contributed by atoms with Crippen LogP contribution in [0.5, 0.6) is 23.0 Å². The molecule has 42 heavy (non-hydrogen) atoms. The number of para-hydroxylation sites is 2. The molecule has 9 nitrogen and oxygen atoms in total. The van der Waals surface area contributed by atoms with Crippen molar-refractivity contribution in [3.05, 3.63) is 103 Å². The average Bonchev–Trinajstić information content (AvgIpc) is 3.01. The van der Waals surface area contributed by atoms with Crippen molar-refractivity contribution in [3.63, 3.8) is 0 Å². The molecule has 0 aromatic heterocycles. The predicted octanol–water partition coefficient (Wildman–Crippen LogP) is 4.88. The van der Waals surface area contributed by atoms with Gasteiger partial charge in [0.1, 0.15) is 61.6 Å². The Labute approximate surface area is 243 Å². The van der Waals surface area contributed by atoms with E-state index in [2.05, 4.69) is 0 Å². The third-order valence-corrected chi connectivity index (χ3v) is 7.26. The molecule has 5 aromatic rings. The minimum absolute atomic E-state index is 0.00306. The summed E-state index contributed by atoms with van der Waals surface area (Å²) in [5.41, 5.74) is 0. The molecule has 0 radical (unpaired) electrons. The van der Waals surface area contributed by atoms with E-state index in [1.807, 2.05) is 48.5 Å². The smallest absolute Gasteiger partial charge is 0.294 e. The molecule has 0 spiro atoms. The highest BCUT2D eigenvalue weighted by Gasteiger charge is 2.21. The Morgan fingerprint density at radius 3 is 1.40 bits per heavy atom. The second-order valence-electron chi connectivity index (χ2n) is 9.56. The van der Waals surface area contributed by atoms with E-state index in [0.717, 1.165) is 0 Å². The molecule has 0 fully saturated rings. The molecule has 5 rings (SSSR count). The lowest BCUT2D eigenvalue weighted by Gasteiger charge is -2.20. The maximum atomic E-state index is 12.0. The number of aliphatic hydroxyl groups is 2. The fraction of sp³-hybridized carbons (Fsp3) is 0.188. The number of aliphatic hydroxyl groups excluding tert-OH is 2. The lowest BCUT2D eigenvalue weighted by Crippen LogP contribution is -2.25. The molecule has 0 amide bonds. The summed E-state index contributed by atoms with van der Waals surface area (Å²) >= 11 is 0. The standard InChI is InChI=1S/C32H30O9S/c33-22(18-38-24-9-3-1-4-10-24)20-40-31-27-13-7-8-14-28(27)32(30-17-26(42(35,36)37)15-16-29(30)31)41-21-23(34)19-39-25-11-5-2-6-12-25/h1-17,22-23,33-34H,18-21H2,(H,35,36,37). The molecule has 0 saturated carbocycles. The van der Waals surface area contributed by atoms with E-state index < -0.39 is 22.3 Å². The van der Waals surface area contributed by atoms with Crippen LogP contribution in [-0.4, -0.2) is 61.8 Å². The van der Waals surface area contributed by atoms with Crippen molar-refractivity contribution in [2.75, 3.05) is 26.4 Å². The number of ether oxygens (including phenoxy) is 4. The number of hydrogen-bond acceptors (Lipinski definition) is 8. The summed E-state index contributed by atoms with van der Waals surface area (Å²) in [5, 5.41) is 23.2. The third-order valence-electron chi connectivity index (χ3n) is 6.41. The van der Waals surface area contributed by atoms with Gasteiger partial charge in [0, 0.05) is 21.5 Å². The monoisotopic (exact) mass is 590 g/mol. The molecule has 0 aliphatic rings. The van der Waals surface area contributed by atoms with Gasteiger partial charge in [-0.2, -0.15) is 8.42 Å². The lowest BCUT2D eigenvalue weighted by atomic mass is 10.0. The van der Waals surface area contributed by atoms with Crippen molar-refractivity contribution < 1.29 is 42.1 Å². The van der Waals surface area contributed by atoms with E-state index in [4.69, 9.17) is 18.9 Å². The topological polar surface area (TPSA) is 132 Å². The molecule has 5 aromatic carbocycles. The fourth-order valence-corrected chi connectivity index (χ4v) is 4.93. The van der Waals surface area contributed by atoms with Gasteiger partial charge in [0.05, 0.1) is 4.90 Å². The van der Waals surface area contributed by atoms with E-state index >= 15 is 0 Å². The minimum atomic E-state index is -4.53. The molecule has 3 N–H and O–H groups in total. The van der Waals surface area contributed by atoms with Gasteiger partial charge in [-0.3, -0.25) is 4.55 Å². The first kappa shape index (κ1) is 29.2. The SMILES string of the molecule is O=S(=O)(O)c1ccc2c(OCC(O)COc3ccccc3)c3ccccc3c(OCC(O)COc3ccccc3)c2c1. The summed E-state index contributed by atoms with van der Waals surface area (Å²) in [6.45, 7) is -0.295. The predicted molar refractivity (Wildman–Crippen MR) is 158 cm³/mol. The Kier molecular flexibility index (Phi) is 9.09. The molecule has 0 bridgehead atoms. The largest absolute Gasteiger partial charge is 0.491 e. The zero-order valence-electron chi connectivity index (χ0n) is 22.5. The van der Waals surface area contributed by atoms with Crippen LogP contribution in [0.2, 0.25) is 0 Å². The Hall–Kier alpha value is -4.35. The molecule has 2 unspecified atom stereocenters. The van der Waals surface area contributed by atoms with Gasteiger partial charge in [-0.05, 0) is 42.5 Å². The zero-order chi connectivity index (χ0) is 29.5. The van der Waals surface area contributed by atoms with Gasteiger partial charge in [0.2, 0.25) is 0 Å². The summed E-state index contributed by atoms with van der Waals surface area (Å²) in [6.07, 6.45) is -1.97. The molecular formula is C32H30O9S. The van der Waals surface area contributed by atoms with Crippen molar-refractivity contribution in [2.45, 2.75) is 17.1 Å². The normalized spacial score (nSPS) is 13.0. The Bertz CT molecular complexity index is 1740. The molecule has 2 atom stereocenters. The molecule has 0 heterocycles. The first-order valence-electron chi connectivity index (χ1n) is 13.2. The van der Waals surface area contributed by atoms with E-state index in [9.17, 15) is 23.2 Å². The Morgan fingerprint density at radius 2 is 0.929 bits per heavy atom. The fourth-order valence-electron chi connectivity index (χ4n) is 4.42. The van der Waals surface area contributed by atoms with Crippen LogP contribution in [0.3, 0.4) is 0 Å². The number of fused-ring (bicyclic) bond motifs is 2. The van der Waals surface area contributed by atoms with E-state index in [0.29, 0.717) is 44.5 Å². The van der Waals surface area contributed by atoms with Gasteiger partial charge in [0.15, 0.2) is 0 Å². The highest BCUT2D eigenvalue weighted by molar-refractivity contribution is 7.85. The van der Waals surface area contributed by atoms with Gasteiger partial charge in [-0.25, -0.2) is 0 Å². The van der Waals surface area contributed by atoms with Gasteiger partial charge in [0.25, 0.3) is 10.1 Å². The van der Waals surface area contributed by atoms with Crippen LogP contribution in [0.1, 0.15) is 0 Å². The summed E-state index contributed by atoms with van der Waals surface area (Å²) in [4.78, 5) is -0.328. The highest BCUT2D eigenvalue weighted by atomic mass is 32.2. The Balaban J connectivity index is 1.43. The second-order valence-corrected chi connectivity index (χ2v) is 11.0. The highest BCUT2D eigenvalue weighted by Crippen LogP contribution is 2.43. The van der Waals surface area contributed by atoms with E-state index in [1.165, 1.54) is 18.2 Å². The molecule has 10 heteroatoms. The van der Waals surface area contributed by atoms with Crippen molar-refractivity contribution in [2.24, 2.45) is 0 Å².